The van der Waals surface area contributed by atoms with Gasteiger partial charge in [0.05, 0.1) is 6.04 Å². The first kappa shape index (κ1) is 14.7. The molecule has 0 amide bonds. The first-order valence-corrected chi connectivity index (χ1v) is 6.80. The molecule has 0 radical (unpaired) electrons. The standard InChI is InChI=1S/C15H15Cl2N3/c16-13-5-1-11(2-6-13)15(20(19)10-9-18)12-3-7-14(17)8-4-12/h1-10,15H,18-19H2/b10-9-. The number of nitrogens with zero attached hydrogens (tertiary/aromatic N) is 1. The summed E-state index contributed by atoms with van der Waals surface area (Å²) in [5, 5.41) is 2.91. The minimum Gasteiger partial charge on any atom is -0.403 e. The molecule has 0 aromatic heterocycles. The SMILES string of the molecule is N/C=C\N(N)C(c1ccc(Cl)cc1)c1ccc(Cl)cc1. The van der Waals surface area contributed by atoms with Crippen LogP contribution in [0.1, 0.15) is 17.2 Å². The van der Waals surface area contributed by atoms with Gasteiger partial charge < -0.3 is 10.7 Å². The van der Waals surface area contributed by atoms with Crippen LogP contribution in [-0.4, -0.2) is 5.01 Å². The van der Waals surface area contributed by atoms with E-state index in [9.17, 15) is 0 Å². The molecule has 2 aromatic rings. The number of hydrogen-bond acceptors (Lipinski definition) is 3. The second-order valence-corrected chi connectivity index (χ2v) is 5.17. The molecule has 104 valence electrons. The van der Waals surface area contributed by atoms with Crippen LogP contribution < -0.4 is 11.6 Å². The van der Waals surface area contributed by atoms with Crippen molar-refractivity contribution in [3.63, 3.8) is 0 Å². The Labute approximate surface area is 128 Å². The Morgan fingerprint density at radius 3 is 1.60 bits per heavy atom. The molecule has 0 aliphatic heterocycles. The van der Waals surface area contributed by atoms with Gasteiger partial charge in [-0.15, -0.1) is 0 Å². The molecule has 0 spiro atoms. The quantitative estimate of drug-likeness (QED) is 0.669. The highest BCUT2D eigenvalue weighted by Crippen LogP contribution is 2.28. The zero-order chi connectivity index (χ0) is 14.5. The van der Waals surface area contributed by atoms with Crippen LogP contribution in [0.15, 0.2) is 60.9 Å². The molecule has 0 aliphatic rings. The third-order valence-electron chi connectivity index (χ3n) is 2.93. The Hall–Kier alpha value is -1.68. The monoisotopic (exact) mass is 307 g/mol. The van der Waals surface area contributed by atoms with Crippen molar-refractivity contribution in [3.8, 4) is 0 Å². The zero-order valence-electron chi connectivity index (χ0n) is 10.7. The normalized spacial score (nSPS) is 11.2. The van der Waals surface area contributed by atoms with Crippen LogP contribution in [-0.2, 0) is 0 Å². The molecule has 0 aliphatic carbocycles. The van der Waals surface area contributed by atoms with E-state index in [-0.39, 0.29) is 6.04 Å². The van der Waals surface area contributed by atoms with Gasteiger partial charge in [0.25, 0.3) is 0 Å². The van der Waals surface area contributed by atoms with Gasteiger partial charge in [-0.1, -0.05) is 47.5 Å². The minimum absolute atomic E-state index is 0.163. The summed E-state index contributed by atoms with van der Waals surface area (Å²) in [7, 11) is 0. The minimum atomic E-state index is -0.163. The maximum absolute atomic E-state index is 6.07. The van der Waals surface area contributed by atoms with E-state index in [1.807, 2.05) is 48.5 Å². The second-order valence-electron chi connectivity index (χ2n) is 4.29. The largest absolute Gasteiger partial charge is 0.403 e. The molecule has 0 saturated carbocycles. The van der Waals surface area contributed by atoms with Crippen LogP contribution in [0.2, 0.25) is 10.0 Å². The van der Waals surface area contributed by atoms with Crippen molar-refractivity contribution in [2.24, 2.45) is 11.6 Å². The fourth-order valence-electron chi connectivity index (χ4n) is 2.01. The lowest BCUT2D eigenvalue weighted by molar-refractivity contribution is 0.329. The van der Waals surface area contributed by atoms with E-state index in [1.165, 1.54) is 6.20 Å². The predicted molar refractivity (Wildman–Crippen MR) is 84.1 cm³/mol. The summed E-state index contributed by atoms with van der Waals surface area (Å²) in [4.78, 5) is 0. The highest BCUT2D eigenvalue weighted by Gasteiger charge is 2.17. The van der Waals surface area contributed by atoms with Gasteiger partial charge in [-0.05, 0) is 35.4 Å². The van der Waals surface area contributed by atoms with Gasteiger partial charge in [-0.25, -0.2) is 5.84 Å². The first-order chi connectivity index (χ1) is 9.61. The van der Waals surface area contributed by atoms with E-state index >= 15 is 0 Å². The Bertz CT molecular complexity index is 534. The van der Waals surface area contributed by atoms with Gasteiger partial charge in [0.1, 0.15) is 0 Å². The highest BCUT2D eigenvalue weighted by atomic mass is 35.5. The molecule has 2 aromatic carbocycles. The Morgan fingerprint density at radius 1 is 0.850 bits per heavy atom. The fraction of sp³-hybridized carbons (Fsp3) is 0.0667. The van der Waals surface area contributed by atoms with Crippen molar-refractivity contribution in [2.45, 2.75) is 6.04 Å². The van der Waals surface area contributed by atoms with E-state index in [1.54, 1.807) is 11.2 Å². The molecular weight excluding hydrogens is 293 g/mol. The molecule has 2 rings (SSSR count). The maximum atomic E-state index is 6.07. The Kier molecular flexibility index (Phi) is 4.90. The highest BCUT2D eigenvalue weighted by molar-refractivity contribution is 6.30. The van der Waals surface area contributed by atoms with Crippen LogP contribution in [0, 0.1) is 0 Å². The summed E-state index contributed by atoms with van der Waals surface area (Å²) < 4.78 is 0. The van der Waals surface area contributed by atoms with Gasteiger partial charge in [0.2, 0.25) is 0 Å². The number of benzene rings is 2. The number of hydrazine groups is 1. The van der Waals surface area contributed by atoms with Crippen LogP contribution in [0.3, 0.4) is 0 Å². The molecule has 4 N–H and O–H groups in total. The predicted octanol–water partition coefficient (Wildman–Crippen LogP) is 3.69. The van der Waals surface area contributed by atoms with Crippen LogP contribution in [0.25, 0.3) is 0 Å². The average Bonchev–Trinajstić information content (AvgIpc) is 2.44. The number of nitrogens with two attached hydrogens (primary N) is 2. The van der Waals surface area contributed by atoms with Gasteiger partial charge in [0, 0.05) is 22.4 Å². The fourth-order valence-corrected chi connectivity index (χ4v) is 2.26. The number of halogens is 2. The molecule has 0 fully saturated rings. The van der Waals surface area contributed by atoms with Crippen molar-refractivity contribution >= 4 is 23.2 Å². The molecule has 5 heteroatoms. The number of hydrogen-bond donors (Lipinski definition) is 2. The maximum Gasteiger partial charge on any atom is 0.0945 e. The number of rotatable bonds is 4. The summed E-state index contributed by atoms with van der Waals surface area (Å²) in [5.74, 6) is 6.07. The Balaban J connectivity index is 2.43. The zero-order valence-corrected chi connectivity index (χ0v) is 12.2. The van der Waals surface area contributed by atoms with Crippen LogP contribution >= 0.6 is 23.2 Å². The van der Waals surface area contributed by atoms with E-state index in [4.69, 9.17) is 34.8 Å². The van der Waals surface area contributed by atoms with E-state index < -0.39 is 0 Å². The third kappa shape index (κ3) is 3.45. The van der Waals surface area contributed by atoms with Crippen molar-refractivity contribution in [1.29, 1.82) is 0 Å². The molecule has 0 saturated heterocycles. The van der Waals surface area contributed by atoms with E-state index in [0.717, 1.165) is 11.1 Å². The lowest BCUT2D eigenvalue weighted by Crippen LogP contribution is -2.31. The van der Waals surface area contributed by atoms with Crippen molar-refractivity contribution < 1.29 is 0 Å². The molecule has 0 heterocycles. The van der Waals surface area contributed by atoms with Gasteiger partial charge in [-0.2, -0.15) is 0 Å². The summed E-state index contributed by atoms with van der Waals surface area (Å²) in [6, 6.07) is 14.9. The smallest absolute Gasteiger partial charge is 0.0945 e. The lowest BCUT2D eigenvalue weighted by atomic mass is 9.98. The van der Waals surface area contributed by atoms with Crippen molar-refractivity contribution in [1.82, 2.24) is 5.01 Å². The van der Waals surface area contributed by atoms with Crippen LogP contribution in [0.5, 0.6) is 0 Å². The third-order valence-corrected chi connectivity index (χ3v) is 3.43. The molecule has 20 heavy (non-hydrogen) atoms. The average molecular weight is 308 g/mol. The summed E-state index contributed by atoms with van der Waals surface area (Å²) >= 11 is 11.9. The van der Waals surface area contributed by atoms with E-state index in [0.29, 0.717) is 10.0 Å². The molecule has 0 bridgehead atoms. The molecular formula is C15H15Cl2N3. The van der Waals surface area contributed by atoms with Crippen molar-refractivity contribution in [3.05, 3.63) is 82.1 Å². The van der Waals surface area contributed by atoms with Gasteiger partial charge in [0.15, 0.2) is 0 Å². The summed E-state index contributed by atoms with van der Waals surface area (Å²) in [6.45, 7) is 0. The van der Waals surface area contributed by atoms with Crippen LogP contribution in [0.4, 0.5) is 0 Å². The summed E-state index contributed by atoms with van der Waals surface area (Å²) in [6.07, 6.45) is 3.02. The van der Waals surface area contributed by atoms with Gasteiger partial charge in [-0.3, -0.25) is 0 Å². The van der Waals surface area contributed by atoms with Crippen molar-refractivity contribution in [2.75, 3.05) is 0 Å². The molecule has 0 atom stereocenters. The summed E-state index contributed by atoms with van der Waals surface area (Å²) in [5.41, 5.74) is 7.45. The Morgan fingerprint density at radius 2 is 1.25 bits per heavy atom. The first-order valence-electron chi connectivity index (χ1n) is 6.04. The second kappa shape index (κ2) is 6.66. The lowest BCUT2D eigenvalue weighted by Gasteiger charge is -2.27. The molecule has 3 nitrogen and oxygen atoms in total. The molecule has 0 unspecified atom stereocenters. The van der Waals surface area contributed by atoms with E-state index in [2.05, 4.69) is 0 Å². The van der Waals surface area contributed by atoms with Gasteiger partial charge >= 0.3 is 0 Å². The topological polar surface area (TPSA) is 55.3 Å².